The third-order valence-corrected chi connectivity index (χ3v) is 3.63. The van der Waals surface area contributed by atoms with Crippen molar-refractivity contribution >= 4 is 11.5 Å². The van der Waals surface area contributed by atoms with E-state index in [1.54, 1.807) is 6.08 Å². The first-order valence-electron chi connectivity index (χ1n) is 6.66. The van der Waals surface area contributed by atoms with Crippen LogP contribution in [-0.4, -0.2) is 13.1 Å². The van der Waals surface area contributed by atoms with Gasteiger partial charge in [0, 0.05) is 6.08 Å². The third-order valence-electron chi connectivity index (χ3n) is 3.63. The zero-order chi connectivity index (χ0) is 12.8. The van der Waals surface area contributed by atoms with E-state index in [9.17, 15) is 4.79 Å². The van der Waals surface area contributed by atoms with Crippen molar-refractivity contribution in [1.82, 2.24) is 0 Å². The molecule has 0 aromatic heterocycles. The van der Waals surface area contributed by atoms with Gasteiger partial charge in [0.1, 0.15) is 0 Å². The van der Waals surface area contributed by atoms with E-state index in [1.807, 2.05) is 18.2 Å². The first-order valence-corrected chi connectivity index (χ1v) is 6.66. The van der Waals surface area contributed by atoms with Crippen LogP contribution in [0, 0.1) is 5.92 Å². The second-order valence-electron chi connectivity index (χ2n) is 4.82. The number of methoxy groups -OCH3 is 1. The first kappa shape index (κ1) is 12.9. The highest BCUT2D eigenvalue weighted by Crippen LogP contribution is 2.35. The molecule has 1 aromatic carbocycles. The molecule has 1 aromatic rings. The number of ether oxygens (including phenoxy) is 1. The summed E-state index contributed by atoms with van der Waals surface area (Å²) >= 11 is 0. The van der Waals surface area contributed by atoms with Crippen LogP contribution in [0.25, 0.3) is 5.57 Å². The quantitative estimate of drug-likeness (QED) is 0.596. The molecule has 0 bridgehead atoms. The van der Waals surface area contributed by atoms with E-state index in [-0.39, 0.29) is 5.97 Å². The molecule has 0 spiro atoms. The van der Waals surface area contributed by atoms with Gasteiger partial charge in [0.2, 0.25) is 0 Å². The number of rotatable bonds is 3. The molecule has 1 aliphatic rings. The Labute approximate surface area is 109 Å². The van der Waals surface area contributed by atoms with E-state index in [0.717, 1.165) is 11.1 Å². The van der Waals surface area contributed by atoms with Crippen molar-refractivity contribution < 1.29 is 9.53 Å². The van der Waals surface area contributed by atoms with Gasteiger partial charge in [0.15, 0.2) is 0 Å². The summed E-state index contributed by atoms with van der Waals surface area (Å²) in [5, 5.41) is 0. The Morgan fingerprint density at radius 3 is 2.44 bits per heavy atom. The van der Waals surface area contributed by atoms with Crippen LogP contribution in [0.4, 0.5) is 0 Å². The van der Waals surface area contributed by atoms with Gasteiger partial charge in [-0.15, -0.1) is 0 Å². The molecule has 0 heterocycles. The fraction of sp³-hybridized carbons (Fsp3) is 0.438. The van der Waals surface area contributed by atoms with Crippen LogP contribution >= 0.6 is 0 Å². The van der Waals surface area contributed by atoms with Gasteiger partial charge in [0.25, 0.3) is 0 Å². The molecule has 2 rings (SSSR count). The molecule has 0 N–H and O–H groups in total. The number of hydrogen-bond acceptors (Lipinski definition) is 2. The predicted molar refractivity (Wildman–Crippen MR) is 73.0 cm³/mol. The smallest absolute Gasteiger partial charge is 0.330 e. The second kappa shape index (κ2) is 6.39. The van der Waals surface area contributed by atoms with Crippen LogP contribution in [0.3, 0.4) is 0 Å². The van der Waals surface area contributed by atoms with Gasteiger partial charge in [-0.1, -0.05) is 49.6 Å². The molecular formula is C16H20O2. The van der Waals surface area contributed by atoms with Gasteiger partial charge < -0.3 is 4.74 Å². The molecule has 0 saturated heterocycles. The summed E-state index contributed by atoms with van der Waals surface area (Å²) in [6.45, 7) is 0. The maximum atomic E-state index is 11.5. The lowest BCUT2D eigenvalue weighted by Crippen LogP contribution is -2.10. The molecule has 2 nitrogen and oxygen atoms in total. The fourth-order valence-corrected chi connectivity index (χ4v) is 2.67. The van der Waals surface area contributed by atoms with E-state index < -0.39 is 0 Å². The Morgan fingerprint density at radius 1 is 1.17 bits per heavy atom. The molecule has 1 fully saturated rings. The molecule has 1 saturated carbocycles. The molecule has 2 heteroatoms. The van der Waals surface area contributed by atoms with Crippen LogP contribution < -0.4 is 0 Å². The Bertz CT molecular complexity index is 414. The van der Waals surface area contributed by atoms with Crippen molar-refractivity contribution in [2.24, 2.45) is 5.92 Å². The number of hydrogen-bond donors (Lipinski definition) is 0. The number of allylic oxidation sites excluding steroid dienone is 1. The maximum absolute atomic E-state index is 11.5. The molecule has 0 aliphatic heterocycles. The van der Waals surface area contributed by atoms with Gasteiger partial charge in [-0.3, -0.25) is 0 Å². The lowest BCUT2D eigenvalue weighted by atomic mass is 9.81. The topological polar surface area (TPSA) is 26.3 Å². The fourth-order valence-electron chi connectivity index (χ4n) is 2.67. The number of carbonyl (C=O) groups excluding carboxylic acids is 1. The van der Waals surface area contributed by atoms with Crippen LogP contribution in [0.1, 0.15) is 37.7 Å². The Morgan fingerprint density at radius 2 is 1.83 bits per heavy atom. The van der Waals surface area contributed by atoms with Crippen LogP contribution in [0.5, 0.6) is 0 Å². The van der Waals surface area contributed by atoms with E-state index in [4.69, 9.17) is 4.74 Å². The van der Waals surface area contributed by atoms with Crippen molar-refractivity contribution in [1.29, 1.82) is 0 Å². The zero-order valence-electron chi connectivity index (χ0n) is 10.9. The normalized spacial score (nSPS) is 17.5. The molecule has 18 heavy (non-hydrogen) atoms. The molecular weight excluding hydrogens is 224 g/mol. The minimum Gasteiger partial charge on any atom is -0.466 e. The number of carbonyl (C=O) groups is 1. The summed E-state index contributed by atoms with van der Waals surface area (Å²) in [6, 6.07) is 10.2. The number of esters is 1. The van der Waals surface area contributed by atoms with Crippen molar-refractivity contribution in [3.8, 4) is 0 Å². The average molecular weight is 244 g/mol. The highest BCUT2D eigenvalue weighted by atomic mass is 16.5. The molecule has 0 radical (unpaired) electrons. The summed E-state index contributed by atoms with van der Waals surface area (Å²) in [6.07, 6.45) is 7.86. The summed E-state index contributed by atoms with van der Waals surface area (Å²) < 4.78 is 4.78. The maximum Gasteiger partial charge on any atom is 0.330 e. The number of benzene rings is 1. The van der Waals surface area contributed by atoms with E-state index in [1.165, 1.54) is 39.2 Å². The summed E-state index contributed by atoms with van der Waals surface area (Å²) in [4.78, 5) is 11.5. The molecule has 96 valence electrons. The van der Waals surface area contributed by atoms with E-state index >= 15 is 0 Å². The zero-order valence-corrected chi connectivity index (χ0v) is 10.9. The molecule has 0 unspecified atom stereocenters. The first-order chi connectivity index (χ1) is 8.81. The highest BCUT2D eigenvalue weighted by Gasteiger charge is 2.20. The standard InChI is InChI=1S/C16H20O2/c1-18-16(17)12-15(13-8-4-2-5-9-13)14-10-6-3-7-11-14/h2,4-5,8-9,12,14H,3,6-7,10-11H2,1H3/b15-12+. The van der Waals surface area contributed by atoms with E-state index in [2.05, 4.69) is 12.1 Å². The Hall–Kier alpha value is -1.57. The highest BCUT2D eigenvalue weighted by molar-refractivity contribution is 5.91. The minimum atomic E-state index is -0.251. The molecule has 0 atom stereocenters. The predicted octanol–water partition coefficient (Wildman–Crippen LogP) is 3.82. The Balaban J connectivity index is 2.28. The van der Waals surface area contributed by atoms with Gasteiger partial charge in [0.05, 0.1) is 7.11 Å². The summed E-state index contributed by atoms with van der Waals surface area (Å²) in [5.74, 6) is 0.250. The second-order valence-corrected chi connectivity index (χ2v) is 4.82. The average Bonchev–Trinajstić information content (AvgIpc) is 2.46. The largest absolute Gasteiger partial charge is 0.466 e. The van der Waals surface area contributed by atoms with Gasteiger partial charge in [-0.05, 0) is 29.9 Å². The van der Waals surface area contributed by atoms with Crippen molar-refractivity contribution in [2.75, 3.05) is 7.11 Å². The lowest BCUT2D eigenvalue weighted by molar-refractivity contribution is -0.134. The Kier molecular flexibility index (Phi) is 4.57. The summed E-state index contributed by atoms with van der Waals surface area (Å²) in [5.41, 5.74) is 2.29. The summed E-state index contributed by atoms with van der Waals surface area (Å²) in [7, 11) is 1.43. The molecule has 0 amide bonds. The lowest BCUT2D eigenvalue weighted by Gasteiger charge is -2.24. The van der Waals surface area contributed by atoms with Crippen LogP contribution in [0.2, 0.25) is 0 Å². The van der Waals surface area contributed by atoms with Gasteiger partial charge in [-0.2, -0.15) is 0 Å². The minimum absolute atomic E-state index is 0.251. The van der Waals surface area contributed by atoms with Crippen LogP contribution in [0.15, 0.2) is 36.4 Å². The van der Waals surface area contributed by atoms with Gasteiger partial charge in [-0.25, -0.2) is 4.79 Å². The van der Waals surface area contributed by atoms with Crippen molar-refractivity contribution in [3.05, 3.63) is 42.0 Å². The molecule has 1 aliphatic carbocycles. The van der Waals surface area contributed by atoms with E-state index in [0.29, 0.717) is 5.92 Å². The van der Waals surface area contributed by atoms with Crippen molar-refractivity contribution in [2.45, 2.75) is 32.1 Å². The van der Waals surface area contributed by atoms with Crippen molar-refractivity contribution in [3.63, 3.8) is 0 Å². The van der Waals surface area contributed by atoms with Gasteiger partial charge >= 0.3 is 5.97 Å². The third kappa shape index (κ3) is 3.22. The SMILES string of the molecule is COC(=O)/C=C(\c1ccccc1)C1CCCCC1. The van der Waals surface area contributed by atoms with Crippen LogP contribution in [-0.2, 0) is 9.53 Å². The monoisotopic (exact) mass is 244 g/mol.